The zero-order valence-corrected chi connectivity index (χ0v) is 13.8. The van der Waals surface area contributed by atoms with E-state index in [0.29, 0.717) is 29.1 Å². The highest BCUT2D eigenvalue weighted by Gasteiger charge is 2.30. The zero-order valence-electron chi connectivity index (χ0n) is 13.0. The molecule has 1 saturated carbocycles. The van der Waals surface area contributed by atoms with Crippen molar-refractivity contribution in [2.24, 2.45) is 11.8 Å². The van der Waals surface area contributed by atoms with Gasteiger partial charge in [0, 0.05) is 6.04 Å². The lowest BCUT2D eigenvalue weighted by molar-refractivity contribution is 0.227. The topological polar surface area (TPSA) is 55.4 Å². The van der Waals surface area contributed by atoms with E-state index in [2.05, 4.69) is 18.6 Å². The van der Waals surface area contributed by atoms with Crippen molar-refractivity contribution in [3.05, 3.63) is 24.3 Å². The Morgan fingerprint density at radius 1 is 1.19 bits per heavy atom. The molecule has 1 aliphatic rings. The molecule has 0 aliphatic heterocycles. The molecule has 0 saturated heterocycles. The Morgan fingerprint density at radius 2 is 1.86 bits per heavy atom. The zero-order chi connectivity index (χ0) is 15.5. The first kappa shape index (κ1) is 16.3. The summed E-state index contributed by atoms with van der Waals surface area (Å²) in [5.41, 5.74) is 0. The number of nitrogens with one attached hydrogen (secondary N) is 1. The van der Waals surface area contributed by atoms with Crippen LogP contribution in [0.3, 0.4) is 0 Å². The molecule has 4 nitrogen and oxygen atoms in total. The fourth-order valence-corrected chi connectivity index (χ4v) is 4.26. The van der Waals surface area contributed by atoms with Gasteiger partial charge in [-0.15, -0.1) is 0 Å². The Morgan fingerprint density at radius 3 is 2.48 bits per heavy atom. The molecule has 5 heteroatoms. The van der Waals surface area contributed by atoms with Crippen LogP contribution >= 0.6 is 0 Å². The Labute approximate surface area is 127 Å². The fourth-order valence-electron chi connectivity index (χ4n) is 2.90. The predicted octanol–water partition coefficient (Wildman–Crippen LogP) is 3.19. The maximum Gasteiger partial charge on any atom is 0.240 e. The van der Waals surface area contributed by atoms with Crippen LogP contribution in [0.1, 0.15) is 40.0 Å². The van der Waals surface area contributed by atoms with Gasteiger partial charge in [-0.3, -0.25) is 0 Å². The largest absolute Gasteiger partial charge is 0.494 e. The van der Waals surface area contributed by atoms with Gasteiger partial charge in [-0.05, 0) is 49.4 Å². The molecule has 0 heterocycles. The van der Waals surface area contributed by atoms with Crippen molar-refractivity contribution in [2.45, 2.75) is 51.0 Å². The number of sulfonamides is 1. The molecule has 0 aromatic heterocycles. The van der Waals surface area contributed by atoms with E-state index in [0.717, 1.165) is 12.8 Å². The third kappa shape index (κ3) is 3.98. The van der Waals surface area contributed by atoms with E-state index in [1.54, 1.807) is 24.3 Å². The lowest BCUT2D eigenvalue weighted by Crippen LogP contribution is -2.43. The number of rotatable bonds is 5. The van der Waals surface area contributed by atoms with Crippen LogP contribution in [0.25, 0.3) is 0 Å². The van der Waals surface area contributed by atoms with Crippen molar-refractivity contribution in [1.82, 2.24) is 4.72 Å². The molecular weight excluding hydrogens is 286 g/mol. The minimum atomic E-state index is -3.45. The molecule has 1 aromatic rings. The van der Waals surface area contributed by atoms with E-state index in [1.165, 1.54) is 6.42 Å². The molecule has 3 atom stereocenters. The highest BCUT2D eigenvalue weighted by atomic mass is 32.2. The van der Waals surface area contributed by atoms with Gasteiger partial charge in [-0.25, -0.2) is 13.1 Å². The van der Waals surface area contributed by atoms with E-state index in [9.17, 15) is 8.42 Å². The van der Waals surface area contributed by atoms with Crippen LogP contribution in [0, 0.1) is 11.8 Å². The van der Waals surface area contributed by atoms with Crippen molar-refractivity contribution in [2.75, 3.05) is 6.61 Å². The summed E-state index contributed by atoms with van der Waals surface area (Å²) in [5, 5.41) is 0. The number of benzene rings is 1. The average Bonchev–Trinajstić information content (AvgIpc) is 2.45. The Balaban J connectivity index is 2.10. The number of hydrogen-bond acceptors (Lipinski definition) is 3. The lowest BCUT2D eigenvalue weighted by atomic mass is 9.78. The lowest BCUT2D eigenvalue weighted by Gasteiger charge is -2.34. The van der Waals surface area contributed by atoms with E-state index in [1.807, 2.05) is 6.92 Å². The van der Waals surface area contributed by atoms with Gasteiger partial charge in [0.1, 0.15) is 5.75 Å². The van der Waals surface area contributed by atoms with E-state index >= 15 is 0 Å². The molecule has 2 rings (SSSR count). The van der Waals surface area contributed by atoms with Crippen molar-refractivity contribution in [3.63, 3.8) is 0 Å². The molecular formula is C16H25NO3S. The Hall–Kier alpha value is -1.07. The normalized spacial score (nSPS) is 26.5. The van der Waals surface area contributed by atoms with Gasteiger partial charge in [0.2, 0.25) is 10.0 Å². The molecule has 118 valence electrons. The molecule has 3 unspecified atom stereocenters. The van der Waals surface area contributed by atoms with E-state index in [4.69, 9.17) is 4.74 Å². The van der Waals surface area contributed by atoms with Crippen LogP contribution in [0.5, 0.6) is 5.75 Å². The van der Waals surface area contributed by atoms with E-state index < -0.39 is 10.0 Å². The first-order valence-electron chi connectivity index (χ1n) is 7.69. The van der Waals surface area contributed by atoms with Gasteiger partial charge in [0.15, 0.2) is 0 Å². The summed E-state index contributed by atoms with van der Waals surface area (Å²) in [4.78, 5) is 0.302. The number of ether oxygens (including phenoxy) is 1. The Bertz CT molecular complexity index is 553. The summed E-state index contributed by atoms with van der Waals surface area (Å²) in [6, 6.07) is 6.63. The maximum atomic E-state index is 12.5. The molecule has 1 aliphatic carbocycles. The molecule has 1 aromatic carbocycles. The van der Waals surface area contributed by atoms with Crippen LogP contribution < -0.4 is 9.46 Å². The fraction of sp³-hybridized carbons (Fsp3) is 0.625. The SMILES string of the molecule is CCOc1ccc(S(=O)(=O)NC2CCCC(C)C2C)cc1. The molecule has 0 bridgehead atoms. The smallest absolute Gasteiger partial charge is 0.240 e. The molecule has 0 radical (unpaired) electrons. The highest BCUT2D eigenvalue weighted by Crippen LogP contribution is 2.30. The van der Waals surface area contributed by atoms with Crippen LogP contribution in [0.4, 0.5) is 0 Å². The van der Waals surface area contributed by atoms with Crippen molar-refractivity contribution < 1.29 is 13.2 Å². The third-order valence-electron chi connectivity index (χ3n) is 4.46. The van der Waals surface area contributed by atoms with Crippen LogP contribution in [0.2, 0.25) is 0 Å². The monoisotopic (exact) mass is 311 g/mol. The highest BCUT2D eigenvalue weighted by molar-refractivity contribution is 7.89. The van der Waals surface area contributed by atoms with Gasteiger partial charge < -0.3 is 4.74 Å². The second kappa shape index (κ2) is 6.79. The average molecular weight is 311 g/mol. The van der Waals surface area contributed by atoms with Crippen LogP contribution in [-0.2, 0) is 10.0 Å². The molecule has 1 fully saturated rings. The van der Waals surface area contributed by atoms with Crippen molar-refractivity contribution >= 4 is 10.0 Å². The summed E-state index contributed by atoms with van der Waals surface area (Å²) in [6.07, 6.45) is 3.19. The molecule has 21 heavy (non-hydrogen) atoms. The minimum Gasteiger partial charge on any atom is -0.494 e. The number of hydrogen-bond donors (Lipinski definition) is 1. The standard InChI is InChI=1S/C16H25NO3S/c1-4-20-14-8-10-15(11-9-14)21(18,19)17-16-7-5-6-12(2)13(16)3/h8-13,16-17H,4-7H2,1-3H3. The van der Waals surface area contributed by atoms with E-state index in [-0.39, 0.29) is 6.04 Å². The van der Waals surface area contributed by atoms with Crippen molar-refractivity contribution in [1.29, 1.82) is 0 Å². The van der Waals surface area contributed by atoms with Gasteiger partial charge >= 0.3 is 0 Å². The molecule has 1 N–H and O–H groups in total. The van der Waals surface area contributed by atoms with Crippen LogP contribution in [-0.4, -0.2) is 21.1 Å². The summed E-state index contributed by atoms with van der Waals surface area (Å²) in [7, 11) is -3.45. The molecule has 0 spiro atoms. The second-order valence-electron chi connectivity index (χ2n) is 5.90. The Kier molecular flexibility index (Phi) is 5.27. The summed E-state index contributed by atoms with van der Waals surface area (Å²) >= 11 is 0. The second-order valence-corrected chi connectivity index (χ2v) is 7.61. The van der Waals surface area contributed by atoms with Crippen LogP contribution in [0.15, 0.2) is 29.2 Å². The summed E-state index contributed by atoms with van der Waals surface area (Å²) in [6.45, 7) is 6.80. The molecule has 0 amide bonds. The minimum absolute atomic E-state index is 0.0327. The van der Waals surface area contributed by atoms with Gasteiger partial charge in [-0.1, -0.05) is 26.7 Å². The quantitative estimate of drug-likeness (QED) is 0.908. The van der Waals surface area contributed by atoms with Gasteiger partial charge in [0.05, 0.1) is 11.5 Å². The first-order valence-corrected chi connectivity index (χ1v) is 9.17. The summed E-state index contributed by atoms with van der Waals surface area (Å²) < 4.78 is 33.2. The first-order chi connectivity index (χ1) is 9.94. The van der Waals surface area contributed by atoms with Gasteiger partial charge in [-0.2, -0.15) is 0 Å². The van der Waals surface area contributed by atoms with Crippen molar-refractivity contribution in [3.8, 4) is 5.75 Å². The predicted molar refractivity (Wildman–Crippen MR) is 83.9 cm³/mol. The maximum absolute atomic E-state index is 12.5. The van der Waals surface area contributed by atoms with Gasteiger partial charge in [0.25, 0.3) is 0 Å². The third-order valence-corrected chi connectivity index (χ3v) is 5.96. The summed E-state index contributed by atoms with van der Waals surface area (Å²) in [5.74, 6) is 1.62.